The minimum atomic E-state index is -3.46. The number of carbonyl (C=O) groups is 1. The summed E-state index contributed by atoms with van der Waals surface area (Å²) >= 11 is 0. The molecule has 8 heteroatoms. The molecule has 1 aliphatic rings. The maximum atomic E-state index is 12.8. The van der Waals surface area contributed by atoms with Gasteiger partial charge >= 0.3 is 0 Å². The van der Waals surface area contributed by atoms with Gasteiger partial charge in [0.25, 0.3) is 0 Å². The zero-order valence-electron chi connectivity index (χ0n) is 18.1. The Balaban J connectivity index is 1.55. The van der Waals surface area contributed by atoms with Gasteiger partial charge < -0.3 is 10.2 Å². The Morgan fingerprint density at radius 2 is 1.74 bits per heavy atom. The van der Waals surface area contributed by atoms with E-state index in [-0.39, 0.29) is 5.91 Å². The van der Waals surface area contributed by atoms with Crippen LogP contribution in [0.5, 0.6) is 0 Å². The largest absolute Gasteiger partial charge is 0.363 e. The van der Waals surface area contributed by atoms with E-state index < -0.39 is 10.0 Å². The van der Waals surface area contributed by atoms with Crippen LogP contribution in [-0.4, -0.2) is 50.8 Å². The number of amides is 1. The molecular formula is C23H30N4O3S. The van der Waals surface area contributed by atoms with Crippen LogP contribution in [0.1, 0.15) is 36.8 Å². The summed E-state index contributed by atoms with van der Waals surface area (Å²) < 4.78 is 27.2. The van der Waals surface area contributed by atoms with Crippen molar-refractivity contribution in [1.82, 2.24) is 14.6 Å². The van der Waals surface area contributed by atoms with Gasteiger partial charge in [0.15, 0.2) is 0 Å². The van der Waals surface area contributed by atoms with Gasteiger partial charge in [-0.25, -0.2) is 13.4 Å². The molecule has 1 aliphatic heterocycles. The molecule has 0 atom stereocenters. The Hall–Kier alpha value is -2.71. The summed E-state index contributed by atoms with van der Waals surface area (Å²) in [5.74, 6) is 0.634. The van der Waals surface area contributed by atoms with E-state index in [1.165, 1.54) is 6.08 Å². The van der Waals surface area contributed by atoms with E-state index in [2.05, 4.69) is 10.3 Å². The van der Waals surface area contributed by atoms with Crippen molar-refractivity contribution in [3.8, 4) is 0 Å². The molecule has 1 saturated heterocycles. The first-order valence-corrected chi connectivity index (χ1v) is 12.0. The molecule has 1 amide bonds. The molecule has 2 heterocycles. The number of nitrogens with zero attached hydrogens (tertiary/aromatic N) is 3. The first kappa shape index (κ1) is 23.0. The summed E-state index contributed by atoms with van der Waals surface area (Å²) in [4.78, 5) is 18.6. The van der Waals surface area contributed by atoms with Gasteiger partial charge in [0.05, 0.1) is 4.90 Å². The van der Waals surface area contributed by atoms with E-state index in [1.54, 1.807) is 40.8 Å². The number of rotatable bonds is 7. The lowest BCUT2D eigenvalue weighted by Gasteiger charge is -2.19. The van der Waals surface area contributed by atoms with Crippen LogP contribution in [0, 0.1) is 0 Å². The number of anilines is 1. The quantitative estimate of drug-likeness (QED) is 0.667. The third-order valence-electron chi connectivity index (χ3n) is 5.24. The van der Waals surface area contributed by atoms with E-state index in [0.717, 1.165) is 42.6 Å². The van der Waals surface area contributed by atoms with E-state index >= 15 is 0 Å². The molecule has 0 unspecified atom stereocenters. The molecular weight excluding hydrogens is 412 g/mol. The Morgan fingerprint density at radius 1 is 1.06 bits per heavy atom. The number of pyridine rings is 1. The summed E-state index contributed by atoms with van der Waals surface area (Å²) in [6.07, 6.45) is 8.83. The molecule has 1 fully saturated rings. The fraction of sp³-hybridized carbons (Fsp3) is 0.391. The van der Waals surface area contributed by atoms with Crippen LogP contribution < -0.4 is 10.2 Å². The van der Waals surface area contributed by atoms with Crippen molar-refractivity contribution in [2.24, 2.45) is 0 Å². The number of aromatic nitrogens is 1. The van der Waals surface area contributed by atoms with Crippen LogP contribution in [0.4, 0.5) is 5.82 Å². The molecule has 1 aromatic carbocycles. The first-order chi connectivity index (χ1) is 14.9. The molecule has 7 nitrogen and oxygen atoms in total. The predicted octanol–water partition coefficient (Wildman–Crippen LogP) is 3.04. The number of hydrogen-bond donors (Lipinski definition) is 1. The average molecular weight is 443 g/mol. The maximum Gasteiger partial charge on any atom is 0.244 e. The smallest absolute Gasteiger partial charge is 0.244 e. The summed E-state index contributed by atoms with van der Waals surface area (Å²) in [5.41, 5.74) is 1.68. The Kier molecular flexibility index (Phi) is 7.81. The number of carbonyl (C=O) groups excluding carboxylic acids is 1. The van der Waals surface area contributed by atoms with Crippen molar-refractivity contribution in [2.75, 3.05) is 32.1 Å². The van der Waals surface area contributed by atoms with Gasteiger partial charge in [-0.15, -0.1) is 0 Å². The number of benzene rings is 1. The van der Waals surface area contributed by atoms with E-state index in [1.807, 2.05) is 31.1 Å². The fourth-order valence-corrected chi connectivity index (χ4v) is 4.90. The van der Waals surface area contributed by atoms with Crippen LogP contribution in [0.15, 0.2) is 53.6 Å². The Labute approximate surface area is 184 Å². The average Bonchev–Trinajstić information content (AvgIpc) is 3.07. The van der Waals surface area contributed by atoms with Crippen LogP contribution in [0.2, 0.25) is 0 Å². The zero-order valence-corrected chi connectivity index (χ0v) is 18.9. The fourth-order valence-electron chi connectivity index (χ4n) is 3.39. The molecule has 3 rings (SSSR count). The third-order valence-corrected chi connectivity index (χ3v) is 7.16. The lowest BCUT2D eigenvalue weighted by Crippen LogP contribution is -2.31. The third kappa shape index (κ3) is 6.38. The summed E-state index contributed by atoms with van der Waals surface area (Å²) in [6, 6.07) is 10.5. The molecule has 0 radical (unpaired) electrons. The highest BCUT2D eigenvalue weighted by atomic mass is 32.2. The SMILES string of the molecule is CN(C)c1ccc(CNC(=O)/C=C/c2ccc(S(=O)(=O)N3CCCCCC3)cc2)cn1. The number of nitrogens with one attached hydrogen (secondary N) is 1. The molecule has 1 aromatic heterocycles. The van der Waals surface area contributed by atoms with Crippen LogP contribution in [0.3, 0.4) is 0 Å². The lowest BCUT2D eigenvalue weighted by molar-refractivity contribution is -0.116. The molecule has 166 valence electrons. The summed E-state index contributed by atoms with van der Waals surface area (Å²) in [7, 11) is 0.384. The van der Waals surface area contributed by atoms with Gasteiger partial charge in [0, 0.05) is 46.0 Å². The van der Waals surface area contributed by atoms with Crippen molar-refractivity contribution in [3.05, 3.63) is 59.8 Å². The normalized spacial score (nSPS) is 15.5. The minimum Gasteiger partial charge on any atom is -0.363 e. The highest BCUT2D eigenvalue weighted by Crippen LogP contribution is 2.21. The van der Waals surface area contributed by atoms with Gasteiger partial charge in [-0.05, 0) is 48.2 Å². The summed E-state index contributed by atoms with van der Waals surface area (Å²) in [6.45, 7) is 1.55. The van der Waals surface area contributed by atoms with Gasteiger partial charge in [0.1, 0.15) is 5.82 Å². The minimum absolute atomic E-state index is 0.224. The van der Waals surface area contributed by atoms with Crippen molar-refractivity contribution in [3.63, 3.8) is 0 Å². The van der Waals surface area contributed by atoms with E-state index in [9.17, 15) is 13.2 Å². The van der Waals surface area contributed by atoms with Gasteiger partial charge in [-0.1, -0.05) is 31.0 Å². The molecule has 0 saturated carbocycles. The highest BCUT2D eigenvalue weighted by Gasteiger charge is 2.24. The van der Waals surface area contributed by atoms with Crippen molar-refractivity contribution in [2.45, 2.75) is 37.1 Å². The van der Waals surface area contributed by atoms with Crippen LogP contribution >= 0.6 is 0 Å². The number of hydrogen-bond acceptors (Lipinski definition) is 5. The van der Waals surface area contributed by atoms with Gasteiger partial charge in [0.2, 0.25) is 15.9 Å². The van der Waals surface area contributed by atoms with Crippen LogP contribution in [-0.2, 0) is 21.4 Å². The monoisotopic (exact) mass is 442 g/mol. The second kappa shape index (κ2) is 10.5. The second-order valence-corrected chi connectivity index (χ2v) is 9.80. The lowest BCUT2D eigenvalue weighted by atomic mass is 10.2. The Bertz CT molecular complexity index is 992. The highest BCUT2D eigenvalue weighted by molar-refractivity contribution is 7.89. The maximum absolute atomic E-state index is 12.8. The zero-order chi connectivity index (χ0) is 22.3. The van der Waals surface area contributed by atoms with Crippen LogP contribution in [0.25, 0.3) is 6.08 Å². The Morgan fingerprint density at radius 3 is 2.32 bits per heavy atom. The van der Waals surface area contributed by atoms with Gasteiger partial charge in [-0.3, -0.25) is 4.79 Å². The van der Waals surface area contributed by atoms with E-state index in [0.29, 0.717) is 24.5 Å². The molecule has 1 N–H and O–H groups in total. The standard InChI is InChI=1S/C23H30N4O3S/c1-26(2)22-13-9-20(17-24-22)18-25-23(28)14-10-19-7-11-21(12-8-19)31(29,30)27-15-5-3-4-6-16-27/h7-14,17H,3-6,15-16,18H2,1-2H3,(H,25,28)/b14-10+. The summed E-state index contributed by atoms with van der Waals surface area (Å²) in [5, 5.41) is 2.82. The van der Waals surface area contributed by atoms with E-state index in [4.69, 9.17) is 0 Å². The second-order valence-electron chi connectivity index (χ2n) is 7.86. The van der Waals surface area contributed by atoms with Crippen molar-refractivity contribution < 1.29 is 13.2 Å². The molecule has 0 spiro atoms. The van der Waals surface area contributed by atoms with Gasteiger partial charge in [-0.2, -0.15) is 4.31 Å². The van der Waals surface area contributed by atoms with Crippen molar-refractivity contribution in [1.29, 1.82) is 0 Å². The first-order valence-electron chi connectivity index (χ1n) is 10.5. The molecule has 0 bridgehead atoms. The van der Waals surface area contributed by atoms with Crippen molar-refractivity contribution >= 4 is 27.8 Å². The number of sulfonamides is 1. The molecule has 0 aliphatic carbocycles. The molecule has 31 heavy (non-hydrogen) atoms. The molecule has 2 aromatic rings. The topological polar surface area (TPSA) is 82.6 Å². The predicted molar refractivity (Wildman–Crippen MR) is 123 cm³/mol.